The van der Waals surface area contributed by atoms with Gasteiger partial charge in [0.25, 0.3) is 5.91 Å². The number of esters is 1. The van der Waals surface area contributed by atoms with Crippen LogP contribution in [0.4, 0.5) is 4.79 Å². The summed E-state index contributed by atoms with van der Waals surface area (Å²) in [7, 11) is 0. The van der Waals surface area contributed by atoms with Crippen molar-refractivity contribution >= 4 is 17.9 Å². The van der Waals surface area contributed by atoms with Gasteiger partial charge in [0.15, 0.2) is 11.9 Å². The number of aromatic nitrogens is 3. The van der Waals surface area contributed by atoms with Gasteiger partial charge in [-0.05, 0) is 38.8 Å². The predicted octanol–water partition coefficient (Wildman–Crippen LogP) is 1.89. The lowest BCUT2D eigenvalue weighted by Gasteiger charge is -2.15. The number of pyridine rings is 1. The van der Waals surface area contributed by atoms with Crippen LogP contribution in [0, 0.1) is 6.92 Å². The SMILES string of the molecule is Cc1c(C(=O)OC(C)C(=O)NC(=O)NC2CCCC2)cnn1-c1ccccn1. The molecule has 2 N–H and O–H groups in total. The van der Waals surface area contributed by atoms with Crippen LogP contribution in [0.5, 0.6) is 0 Å². The first-order chi connectivity index (χ1) is 13.5. The highest BCUT2D eigenvalue weighted by Gasteiger charge is 2.25. The fraction of sp³-hybridized carbons (Fsp3) is 0.421. The Bertz CT molecular complexity index is 858. The Morgan fingerprint density at radius 2 is 2.00 bits per heavy atom. The van der Waals surface area contributed by atoms with E-state index in [4.69, 9.17) is 4.74 Å². The first-order valence-electron chi connectivity index (χ1n) is 9.24. The molecule has 0 spiro atoms. The highest BCUT2D eigenvalue weighted by molar-refractivity contribution is 5.98. The van der Waals surface area contributed by atoms with Crippen molar-refractivity contribution < 1.29 is 19.1 Å². The molecule has 3 amide bonds. The fourth-order valence-electron chi connectivity index (χ4n) is 3.10. The molecule has 148 valence electrons. The van der Waals surface area contributed by atoms with Crippen LogP contribution in [0.15, 0.2) is 30.6 Å². The zero-order valence-corrected chi connectivity index (χ0v) is 15.8. The maximum Gasteiger partial charge on any atom is 0.342 e. The minimum atomic E-state index is -1.13. The van der Waals surface area contributed by atoms with Crippen LogP contribution in [0.3, 0.4) is 0 Å². The van der Waals surface area contributed by atoms with Crippen molar-refractivity contribution in [1.29, 1.82) is 0 Å². The maximum atomic E-state index is 12.4. The molecule has 0 aliphatic heterocycles. The van der Waals surface area contributed by atoms with Gasteiger partial charge < -0.3 is 10.1 Å². The van der Waals surface area contributed by atoms with Crippen molar-refractivity contribution in [2.75, 3.05) is 0 Å². The molecule has 1 unspecified atom stereocenters. The molecule has 1 aliphatic rings. The smallest absolute Gasteiger partial charge is 0.342 e. The first kappa shape index (κ1) is 19.5. The molecule has 0 bridgehead atoms. The van der Waals surface area contributed by atoms with E-state index in [1.807, 2.05) is 6.07 Å². The second kappa shape index (κ2) is 8.64. The highest BCUT2D eigenvalue weighted by Crippen LogP contribution is 2.17. The van der Waals surface area contributed by atoms with Gasteiger partial charge in [0.1, 0.15) is 5.56 Å². The minimum Gasteiger partial charge on any atom is -0.449 e. The second-order valence-electron chi connectivity index (χ2n) is 6.74. The molecule has 3 rings (SSSR count). The number of imide groups is 1. The molecule has 9 nitrogen and oxygen atoms in total. The first-order valence-corrected chi connectivity index (χ1v) is 9.24. The van der Waals surface area contributed by atoms with Crippen molar-refractivity contribution in [1.82, 2.24) is 25.4 Å². The number of nitrogens with zero attached hydrogens (tertiary/aromatic N) is 3. The van der Waals surface area contributed by atoms with Crippen molar-refractivity contribution in [3.05, 3.63) is 41.9 Å². The van der Waals surface area contributed by atoms with E-state index in [0.717, 1.165) is 25.7 Å². The van der Waals surface area contributed by atoms with Crippen LogP contribution in [0.25, 0.3) is 5.82 Å². The molecule has 9 heteroatoms. The Morgan fingerprint density at radius 3 is 2.68 bits per heavy atom. The zero-order valence-electron chi connectivity index (χ0n) is 15.8. The van der Waals surface area contributed by atoms with Crippen LogP contribution < -0.4 is 10.6 Å². The Morgan fingerprint density at radius 1 is 1.25 bits per heavy atom. The molecule has 1 fully saturated rings. The molecular formula is C19H23N5O4. The summed E-state index contributed by atoms with van der Waals surface area (Å²) in [4.78, 5) is 40.6. The summed E-state index contributed by atoms with van der Waals surface area (Å²) >= 11 is 0. The number of nitrogens with one attached hydrogen (secondary N) is 2. The standard InChI is InChI=1S/C19H23N5O4/c1-12-15(11-21-24(12)16-9-5-6-10-20-16)18(26)28-13(2)17(25)23-19(27)22-14-7-3-4-8-14/h5-6,9-11,13-14H,3-4,7-8H2,1-2H3,(H2,22,23,25,27). The summed E-state index contributed by atoms with van der Waals surface area (Å²) in [6.07, 6.45) is 5.81. The van der Waals surface area contributed by atoms with Gasteiger partial charge in [-0.25, -0.2) is 19.3 Å². The summed E-state index contributed by atoms with van der Waals surface area (Å²) in [6.45, 7) is 3.12. The largest absolute Gasteiger partial charge is 0.449 e. The molecule has 2 heterocycles. The molecule has 28 heavy (non-hydrogen) atoms. The lowest BCUT2D eigenvalue weighted by Crippen LogP contribution is -2.47. The maximum absolute atomic E-state index is 12.4. The van der Waals surface area contributed by atoms with E-state index in [-0.39, 0.29) is 11.6 Å². The molecule has 1 aliphatic carbocycles. The van der Waals surface area contributed by atoms with Crippen LogP contribution >= 0.6 is 0 Å². The van der Waals surface area contributed by atoms with Crippen molar-refractivity contribution in [2.24, 2.45) is 0 Å². The third-order valence-corrected chi connectivity index (χ3v) is 4.68. The van der Waals surface area contributed by atoms with Crippen molar-refractivity contribution in [3.63, 3.8) is 0 Å². The molecule has 0 radical (unpaired) electrons. The van der Waals surface area contributed by atoms with Crippen molar-refractivity contribution in [3.8, 4) is 5.82 Å². The summed E-state index contributed by atoms with van der Waals surface area (Å²) in [5.74, 6) is -0.814. The Hall–Kier alpha value is -3.23. The van der Waals surface area contributed by atoms with Gasteiger partial charge in [-0.3, -0.25) is 10.1 Å². The molecular weight excluding hydrogens is 362 g/mol. The van der Waals surface area contributed by atoms with Gasteiger partial charge >= 0.3 is 12.0 Å². The van der Waals surface area contributed by atoms with Gasteiger partial charge in [0, 0.05) is 12.2 Å². The number of ether oxygens (including phenoxy) is 1. The Balaban J connectivity index is 1.57. The molecule has 2 aromatic heterocycles. The number of urea groups is 1. The van der Waals surface area contributed by atoms with E-state index in [9.17, 15) is 14.4 Å². The third kappa shape index (κ3) is 4.54. The van der Waals surface area contributed by atoms with E-state index in [2.05, 4.69) is 20.7 Å². The van der Waals surface area contributed by atoms with Crippen LogP contribution in [-0.2, 0) is 9.53 Å². The number of carbonyl (C=O) groups is 3. The Labute approximate surface area is 162 Å². The third-order valence-electron chi connectivity index (χ3n) is 4.68. The number of amides is 3. The molecule has 1 saturated carbocycles. The lowest BCUT2D eigenvalue weighted by molar-refractivity contribution is -0.127. The average molecular weight is 385 g/mol. The number of hydrogen-bond donors (Lipinski definition) is 2. The monoisotopic (exact) mass is 385 g/mol. The van der Waals surface area contributed by atoms with E-state index in [1.165, 1.54) is 17.8 Å². The Kier molecular flexibility index (Phi) is 6.03. The van der Waals surface area contributed by atoms with E-state index in [0.29, 0.717) is 11.5 Å². The fourth-order valence-corrected chi connectivity index (χ4v) is 3.10. The summed E-state index contributed by atoms with van der Waals surface area (Å²) < 4.78 is 6.70. The highest BCUT2D eigenvalue weighted by atomic mass is 16.5. The topological polar surface area (TPSA) is 115 Å². The van der Waals surface area contributed by atoms with Crippen LogP contribution in [0.1, 0.15) is 48.7 Å². The number of hydrogen-bond acceptors (Lipinski definition) is 6. The quantitative estimate of drug-likeness (QED) is 0.760. The van der Waals surface area contributed by atoms with Gasteiger partial charge in [0.05, 0.1) is 11.9 Å². The summed E-state index contributed by atoms with van der Waals surface area (Å²) in [6, 6.07) is 4.86. The molecule has 1 atom stereocenters. The van der Waals surface area contributed by atoms with E-state index < -0.39 is 24.0 Å². The zero-order chi connectivity index (χ0) is 20.1. The predicted molar refractivity (Wildman–Crippen MR) is 99.9 cm³/mol. The van der Waals surface area contributed by atoms with Crippen LogP contribution in [0.2, 0.25) is 0 Å². The number of rotatable bonds is 5. The van der Waals surface area contributed by atoms with Gasteiger partial charge in [0.2, 0.25) is 0 Å². The van der Waals surface area contributed by atoms with Gasteiger partial charge in [-0.2, -0.15) is 5.10 Å². The van der Waals surface area contributed by atoms with E-state index in [1.54, 1.807) is 25.3 Å². The van der Waals surface area contributed by atoms with Crippen molar-refractivity contribution in [2.45, 2.75) is 51.7 Å². The van der Waals surface area contributed by atoms with E-state index >= 15 is 0 Å². The molecule has 0 saturated heterocycles. The summed E-state index contributed by atoms with van der Waals surface area (Å²) in [5.41, 5.74) is 0.760. The normalized spacial score (nSPS) is 15.1. The van der Waals surface area contributed by atoms with Crippen LogP contribution in [-0.4, -0.2) is 44.8 Å². The van der Waals surface area contributed by atoms with Gasteiger partial charge in [-0.1, -0.05) is 18.9 Å². The second-order valence-corrected chi connectivity index (χ2v) is 6.74. The van der Waals surface area contributed by atoms with Gasteiger partial charge in [-0.15, -0.1) is 0 Å². The number of carbonyl (C=O) groups excluding carboxylic acids is 3. The minimum absolute atomic E-state index is 0.0886. The molecule has 2 aromatic rings. The lowest BCUT2D eigenvalue weighted by atomic mass is 10.2. The molecule has 0 aromatic carbocycles. The summed E-state index contributed by atoms with van der Waals surface area (Å²) in [5, 5.41) is 9.11. The average Bonchev–Trinajstić information content (AvgIpc) is 3.31.